The lowest BCUT2D eigenvalue weighted by Gasteiger charge is -2.20. The van der Waals surface area contributed by atoms with Crippen molar-refractivity contribution in [1.82, 2.24) is 14.5 Å². The average molecular weight is 485 g/mol. The van der Waals surface area contributed by atoms with Crippen LogP contribution in [-0.2, 0) is 6.54 Å². The maximum absolute atomic E-state index is 13.7. The second kappa shape index (κ2) is 10.1. The highest BCUT2D eigenvalue weighted by atomic mass is 35.5. The molecule has 2 aromatic heterocycles. The number of aryl methyl sites for hydroxylation is 2. The maximum atomic E-state index is 13.7. The Labute approximate surface area is 201 Å². The van der Waals surface area contributed by atoms with Crippen molar-refractivity contribution in [3.8, 4) is 0 Å². The number of benzene rings is 2. The number of carbonyl (C=O) groups is 1. The van der Waals surface area contributed by atoms with Crippen LogP contribution in [0.15, 0.2) is 60.0 Å². The van der Waals surface area contributed by atoms with Gasteiger partial charge >= 0.3 is 0 Å². The summed E-state index contributed by atoms with van der Waals surface area (Å²) in [5, 5.41) is 1.78. The first-order chi connectivity index (χ1) is 15.4. The third-order valence-corrected chi connectivity index (χ3v) is 7.51. The van der Waals surface area contributed by atoms with E-state index in [0.717, 1.165) is 33.6 Å². The number of anilines is 1. The lowest BCUT2D eigenvalue weighted by atomic mass is 10.2. The van der Waals surface area contributed by atoms with Gasteiger partial charge in [-0.05, 0) is 43.2 Å². The lowest BCUT2D eigenvalue weighted by Crippen LogP contribution is -2.32. The third kappa shape index (κ3) is 5.17. The molecule has 32 heavy (non-hydrogen) atoms. The minimum absolute atomic E-state index is 0.0466. The summed E-state index contributed by atoms with van der Waals surface area (Å²) in [6.45, 7) is 7.64. The molecular formula is C24H25ClN4OS2. The van der Waals surface area contributed by atoms with Crippen LogP contribution in [0, 0.1) is 6.92 Å². The molecule has 5 nitrogen and oxygen atoms in total. The van der Waals surface area contributed by atoms with Gasteiger partial charge in [0.2, 0.25) is 0 Å². The maximum Gasteiger partial charge on any atom is 0.260 e. The number of fused-ring (bicyclic) bond motifs is 1. The van der Waals surface area contributed by atoms with Gasteiger partial charge in [-0.15, -0.1) is 11.8 Å². The number of halogens is 1. The van der Waals surface area contributed by atoms with Gasteiger partial charge in [0.15, 0.2) is 5.13 Å². The number of thiazole rings is 1. The van der Waals surface area contributed by atoms with Gasteiger partial charge in [-0.25, -0.2) is 9.97 Å². The number of hydrogen-bond donors (Lipinski definition) is 0. The van der Waals surface area contributed by atoms with E-state index in [2.05, 4.69) is 18.8 Å². The number of imidazole rings is 1. The minimum Gasteiger partial charge on any atom is -0.337 e. The summed E-state index contributed by atoms with van der Waals surface area (Å²) in [5.74, 6) is -0.0466. The molecule has 0 fully saturated rings. The van der Waals surface area contributed by atoms with Gasteiger partial charge in [-0.3, -0.25) is 9.69 Å². The number of amides is 1. The highest BCUT2D eigenvalue weighted by Crippen LogP contribution is 2.36. The summed E-state index contributed by atoms with van der Waals surface area (Å²) in [5.41, 5.74) is 2.57. The summed E-state index contributed by atoms with van der Waals surface area (Å²) >= 11 is 9.66. The standard InChI is InChI=1S/C24H25ClN4OS2/c1-16(2)31-19-7-4-6-18(14-19)23(30)29(12-5-11-28-13-10-26-15-28)24-27-21-17(3)8-9-20(25)22(21)32-24/h4,6-10,13-16H,5,11-12H2,1-3H3. The van der Waals surface area contributed by atoms with Crippen molar-refractivity contribution in [2.24, 2.45) is 0 Å². The number of aromatic nitrogens is 3. The second-order valence-electron chi connectivity index (χ2n) is 7.84. The van der Waals surface area contributed by atoms with Crippen molar-refractivity contribution in [3.05, 3.63) is 71.3 Å². The largest absolute Gasteiger partial charge is 0.337 e. The molecule has 0 saturated carbocycles. The van der Waals surface area contributed by atoms with E-state index in [0.29, 0.717) is 27.5 Å². The Balaban J connectivity index is 1.66. The number of rotatable bonds is 8. The number of thioether (sulfide) groups is 1. The summed E-state index contributed by atoms with van der Waals surface area (Å²) in [7, 11) is 0. The van der Waals surface area contributed by atoms with Crippen LogP contribution in [0.4, 0.5) is 5.13 Å². The molecule has 0 bridgehead atoms. The third-order valence-electron chi connectivity index (χ3n) is 4.97. The molecule has 166 valence electrons. The molecular weight excluding hydrogens is 460 g/mol. The smallest absolute Gasteiger partial charge is 0.260 e. The molecule has 0 radical (unpaired) electrons. The van der Waals surface area contributed by atoms with Gasteiger partial charge in [0, 0.05) is 41.2 Å². The Morgan fingerprint density at radius 3 is 2.84 bits per heavy atom. The van der Waals surface area contributed by atoms with E-state index in [1.807, 2.05) is 54.1 Å². The number of carbonyl (C=O) groups excluding carboxylic acids is 1. The first kappa shape index (κ1) is 22.8. The Kier molecular flexibility index (Phi) is 7.18. The van der Waals surface area contributed by atoms with Crippen molar-refractivity contribution in [2.75, 3.05) is 11.4 Å². The first-order valence-electron chi connectivity index (χ1n) is 10.5. The van der Waals surface area contributed by atoms with Gasteiger partial charge in [0.05, 0.1) is 21.6 Å². The first-order valence-corrected chi connectivity index (χ1v) is 12.6. The molecule has 0 spiro atoms. The van der Waals surface area contributed by atoms with Crippen molar-refractivity contribution >= 4 is 56.0 Å². The minimum atomic E-state index is -0.0466. The van der Waals surface area contributed by atoms with Gasteiger partial charge in [-0.1, -0.05) is 48.9 Å². The number of nitrogens with zero attached hydrogens (tertiary/aromatic N) is 4. The van der Waals surface area contributed by atoms with E-state index >= 15 is 0 Å². The van der Waals surface area contributed by atoms with Crippen molar-refractivity contribution in [1.29, 1.82) is 0 Å². The molecule has 2 heterocycles. The van der Waals surface area contributed by atoms with Crippen LogP contribution in [0.25, 0.3) is 10.2 Å². The predicted octanol–water partition coefficient (Wildman–Crippen LogP) is 6.69. The van der Waals surface area contributed by atoms with Crippen LogP contribution in [0.2, 0.25) is 5.02 Å². The zero-order valence-electron chi connectivity index (χ0n) is 18.3. The highest BCUT2D eigenvalue weighted by molar-refractivity contribution is 7.99. The molecule has 4 aromatic rings. The summed E-state index contributed by atoms with van der Waals surface area (Å²) in [6.07, 6.45) is 6.27. The highest BCUT2D eigenvalue weighted by Gasteiger charge is 2.22. The summed E-state index contributed by atoms with van der Waals surface area (Å²) in [6, 6.07) is 11.7. The van der Waals surface area contributed by atoms with Crippen LogP contribution >= 0.6 is 34.7 Å². The topological polar surface area (TPSA) is 51.0 Å². The fourth-order valence-electron chi connectivity index (χ4n) is 3.45. The van der Waals surface area contributed by atoms with Crippen LogP contribution < -0.4 is 4.90 Å². The van der Waals surface area contributed by atoms with E-state index in [9.17, 15) is 4.79 Å². The second-order valence-corrected chi connectivity index (χ2v) is 10.9. The van der Waals surface area contributed by atoms with E-state index < -0.39 is 0 Å². The predicted molar refractivity (Wildman–Crippen MR) is 135 cm³/mol. The van der Waals surface area contributed by atoms with Crippen LogP contribution in [0.3, 0.4) is 0 Å². The van der Waals surface area contributed by atoms with Gasteiger partial charge in [0.1, 0.15) is 0 Å². The average Bonchev–Trinajstić information content (AvgIpc) is 3.44. The molecule has 8 heteroatoms. The van der Waals surface area contributed by atoms with Crippen LogP contribution in [0.1, 0.15) is 36.2 Å². The molecule has 0 atom stereocenters. The van der Waals surface area contributed by atoms with Crippen molar-refractivity contribution in [3.63, 3.8) is 0 Å². The lowest BCUT2D eigenvalue weighted by molar-refractivity contribution is 0.0986. The summed E-state index contributed by atoms with van der Waals surface area (Å²) < 4.78 is 2.93. The molecule has 4 rings (SSSR count). The monoisotopic (exact) mass is 484 g/mol. The van der Waals surface area contributed by atoms with Gasteiger partial charge in [0.25, 0.3) is 5.91 Å². The molecule has 1 amide bonds. The zero-order chi connectivity index (χ0) is 22.7. The quantitative estimate of drug-likeness (QED) is 0.261. The molecule has 0 unspecified atom stereocenters. The SMILES string of the molecule is Cc1ccc(Cl)c2sc(N(CCCn3ccnc3)C(=O)c3cccc(SC(C)C)c3)nc12. The van der Waals surface area contributed by atoms with Crippen LogP contribution in [0.5, 0.6) is 0 Å². The van der Waals surface area contributed by atoms with E-state index in [-0.39, 0.29) is 5.91 Å². The molecule has 0 aliphatic carbocycles. The molecule has 0 saturated heterocycles. The molecule has 0 aliphatic heterocycles. The van der Waals surface area contributed by atoms with E-state index in [1.165, 1.54) is 11.3 Å². The fourth-order valence-corrected chi connectivity index (χ4v) is 5.69. The van der Waals surface area contributed by atoms with E-state index in [1.54, 1.807) is 29.2 Å². The molecule has 2 aromatic carbocycles. The Morgan fingerprint density at radius 2 is 2.12 bits per heavy atom. The van der Waals surface area contributed by atoms with Crippen LogP contribution in [-0.4, -0.2) is 32.2 Å². The zero-order valence-corrected chi connectivity index (χ0v) is 20.7. The van der Waals surface area contributed by atoms with Gasteiger partial charge in [-0.2, -0.15) is 0 Å². The van der Waals surface area contributed by atoms with Gasteiger partial charge < -0.3 is 4.57 Å². The van der Waals surface area contributed by atoms with E-state index in [4.69, 9.17) is 16.6 Å². The Morgan fingerprint density at radius 1 is 1.28 bits per heavy atom. The van der Waals surface area contributed by atoms with Crippen molar-refractivity contribution < 1.29 is 4.79 Å². The molecule has 0 aliphatic rings. The normalized spacial score (nSPS) is 11.4. The summed E-state index contributed by atoms with van der Waals surface area (Å²) in [4.78, 5) is 25.5. The van der Waals surface area contributed by atoms with Crippen molar-refractivity contribution in [2.45, 2.75) is 43.9 Å². The Bertz CT molecular complexity index is 1180. The molecule has 0 N–H and O–H groups in total. The Hall–Kier alpha value is -2.35. The fraction of sp³-hybridized carbons (Fsp3) is 0.292. The number of hydrogen-bond acceptors (Lipinski definition) is 5.